The summed E-state index contributed by atoms with van der Waals surface area (Å²) < 4.78 is 1.71. The summed E-state index contributed by atoms with van der Waals surface area (Å²) >= 11 is 0. The van der Waals surface area contributed by atoms with Crippen molar-refractivity contribution in [1.29, 1.82) is 0 Å². The SMILES string of the molecule is O=C1CCC(N2Cc3cc(-n4cc(CNC5CCCc6ccccc65)nn4)ccc3C2=O)C(=O)N1. The number of fused-ring (bicyclic) bond motifs is 2. The number of amides is 3. The first-order valence-electron chi connectivity index (χ1n) is 12.1. The molecule has 3 amide bonds. The van der Waals surface area contributed by atoms with Gasteiger partial charge < -0.3 is 10.2 Å². The molecule has 1 fully saturated rings. The van der Waals surface area contributed by atoms with Crippen LogP contribution in [-0.2, 0) is 29.1 Å². The molecule has 178 valence electrons. The lowest BCUT2D eigenvalue weighted by molar-refractivity contribution is -0.136. The maximum Gasteiger partial charge on any atom is 0.255 e. The molecule has 0 radical (unpaired) electrons. The van der Waals surface area contributed by atoms with E-state index in [1.165, 1.54) is 17.5 Å². The van der Waals surface area contributed by atoms with Gasteiger partial charge in [-0.3, -0.25) is 19.7 Å². The molecule has 2 atom stereocenters. The number of hydrogen-bond acceptors (Lipinski definition) is 6. The molecule has 6 rings (SSSR count). The maximum atomic E-state index is 12.9. The van der Waals surface area contributed by atoms with Crippen molar-refractivity contribution in [3.8, 4) is 5.69 Å². The number of benzene rings is 2. The molecule has 3 heterocycles. The normalized spacial score (nSPS) is 21.6. The van der Waals surface area contributed by atoms with E-state index in [1.807, 2.05) is 18.3 Å². The first-order chi connectivity index (χ1) is 17.1. The Bertz CT molecular complexity index is 1330. The summed E-state index contributed by atoms with van der Waals surface area (Å²) in [4.78, 5) is 38.2. The number of nitrogens with one attached hydrogen (secondary N) is 2. The second-order valence-electron chi connectivity index (χ2n) is 9.42. The molecule has 1 saturated heterocycles. The fourth-order valence-electron chi connectivity index (χ4n) is 5.40. The van der Waals surface area contributed by atoms with Gasteiger partial charge in [0.05, 0.1) is 17.6 Å². The summed E-state index contributed by atoms with van der Waals surface area (Å²) in [5.74, 6) is -0.879. The van der Waals surface area contributed by atoms with Gasteiger partial charge in [-0.1, -0.05) is 29.5 Å². The summed E-state index contributed by atoms with van der Waals surface area (Å²) in [5.41, 5.74) is 5.86. The Morgan fingerprint density at radius 2 is 1.91 bits per heavy atom. The van der Waals surface area contributed by atoms with Gasteiger partial charge in [0.1, 0.15) is 6.04 Å². The van der Waals surface area contributed by atoms with Crippen molar-refractivity contribution in [3.63, 3.8) is 0 Å². The number of imide groups is 1. The van der Waals surface area contributed by atoms with Gasteiger partial charge >= 0.3 is 0 Å². The molecule has 2 aliphatic heterocycles. The molecule has 3 aliphatic rings. The van der Waals surface area contributed by atoms with E-state index in [0.29, 0.717) is 31.1 Å². The van der Waals surface area contributed by atoms with Gasteiger partial charge in [0, 0.05) is 31.1 Å². The third-order valence-electron chi connectivity index (χ3n) is 7.21. The topological polar surface area (TPSA) is 109 Å². The third kappa shape index (κ3) is 4.01. The molecule has 35 heavy (non-hydrogen) atoms. The predicted molar refractivity (Wildman–Crippen MR) is 126 cm³/mol. The average molecular weight is 471 g/mol. The average Bonchev–Trinajstić information content (AvgIpc) is 3.47. The van der Waals surface area contributed by atoms with Crippen molar-refractivity contribution in [2.45, 2.75) is 57.3 Å². The Balaban J connectivity index is 1.15. The third-order valence-corrected chi connectivity index (χ3v) is 7.21. The molecule has 1 aliphatic carbocycles. The van der Waals surface area contributed by atoms with E-state index >= 15 is 0 Å². The second kappa shape index (κ2) is 8.74. The fraction of sp³-hybridized carbons (Fsp3) is 0.346. The van der Waals surface area contributed by atoms with Crippen LogP contribution in [0.5, 0.6) is 0 Å². The lowest BCUT2D eigenvalue weighted by atomic mass is 9.88. The number of hydrogen-bond donors (Lipinski definition) is 2. The number of carbonyl (C=O) groups is 3. The zero-order valence-corrected chi connectivity index (χ0v) is 19.2. The van der Waals surface area contributed by atoms with Gasteiger partial charge in [-0.25, -0.2) is 4.68 Å². The molecule has 0 spiro atoms. The maximum absolute atomic E-state index is 12.9. The minimum Gasteiger partial charge on any atom is -0.322 e. The zero-order chi connectivity index (χ0) is 23.9. The van der Waals surface area contributed by atoms with E-state index in [9.17, 15) is 14.4 Å². The molecule has 0 bridgehead atoms. The Hall–Kier alpha value is -3.85. The Morgan fingerprint density at radius 3 is 2.80 bits per heavy atom. The second-order valence-corrected chi connectivity index (χ2v) is 9.42. The number of aryl methyl sites for hydroxylation is 1. The van der Waals surface area contributed by atoms with Gasteiger partial charge in [0.15, 0.2) is 0 Å². The molecule has 9 nitrogen and oxygen atoms in total. The first kappa shape index (κ1) is 21.7. The van der Waals surface area contributed by atoms with Crippen LogP contribution in [0.3, 0.4) is 0 Å². The lowest BCUT2D eigenvalue weighted by Gasteiger charge is -2.29. The van der Waals surface area contributed by atoms with Crippen LogP contribution in [0.4, 0.5) is 0 Å². The van der Waals surface area contributed by atoms with Crippen LogP contribution in [0.1, 0.15) is 64.5 Å². The standard InChI is InChI=1S/C26H26N6O3/c33-24-11-10-23(25(34)28-24)31-14-17-12-19(8-9-21(17)26(31)35)32-15-18(29-30-32)13-27-22-7-3-5-16-4-1-2-6-20(16)22/h1-2,4,6,8-9,12,15,22-23,27H,3,5,7,10-11,13-14H2,(H,28,33,34). The van der Waals surface area contributed by atoms with Crippen LogP contribution in [0.2, 0.25) is 0 Å². The van der Waals surface area contributed by atoms with Crippen LogP contribution < -0.4 is 10.6 Å². The number of piperidine rings is 1. The Kier molecular flexibility index (Phi) is 5.41. The number of aromatic nitrogens is 3. The summed E-state index contributed by atoms with van der Waals surface area (Å²) in [6, 6.07) is 13.8. The van der Waals surface area contributed by atoms with Gasteiger partial charge in [0.25, 0.3) is 5.91 Å². The van der Waals surface area contributed by atoms with Gasteiger partial charge in [-0.2, -0.15) is 0 Å². The van der Waals surface area contributed by atoms with Crippen molar-refractivity contribution in [2.24, 2.45) is 0 Å². The van der Waals surface area contributed by atoms with E-state index in [-0.39, 0.29) is 18.2 Å². The molecule has 2 unspecified atom stereocenters. The highest BCUT2D eigenvalue weighted by Gasteiger charge is 2.39. The van der Waals surface area contributed by atoms with Gasteiger partial charge in [0.2, 0.25) is 11.8 Å². The van der Waals surface area contributed by atoms with Crippen molar-refractivity contribution >= 4 is 17.7 Å². The molecule has 1 aromatic heterocycles. The molecule has 0 saturated carbocycles. The van der Waals surface area contributed by atoms with Crippen molar-refractivity contribution in [2.75, 3.05) is 0 Å². The summed E-state index contributed by atoms with van der Waals surface area (Å²) in [5, 5.41) is 14.6. The van der Waals surface area contributed by atoms with Crippen molar-refractivity contribution < 1.29 is 14.4 Å². The minimum absolute atomic E-state index is 0.183. The highest BCUT2D eigenvalue weighted by Crippen LogP contribution is 2.30. The molecule has 2 N–H and O–H groups in total. The van der Waals surface area contributed by atoms with Crippen LogP contribution in [0.15, 0.2) is 48.7 Å². The van der Waals surface area contributed by atoms with Crippen LogP contribution in [0.25, 0.3) is 5.69 Å². The molecule has 2 aromatic carbocycles. The zero-order valence-electron chi connectivity index (χ0n) is 19.2. The smallest absolute Gasteiger partial charge is 0.255 e. The van der Waals surface area contributed by atoms with Crippen LogP contribution in [-0.4, -0.2) is 43.7 Å². The predicted octanol–water partition coefficient (Wildman–Crippen LogP) is 2.20. The van der Waals surface area contributed by atoms with E-state index in [1.54, 1.807) is 15.6 Å². The molecule has 9 heteroatoms. The summed E-state index contributed by atoms with van der Waals surface area (Å²) in [7, 11) is 0. The largest absolute Gasteiger partial charge is 0.322 e. The van der Waals surface area contributed by atoms with Gasteiger partial charge in [-0.05, 0) is 60.6 Å². The minimum atomic E-state index is -0.620. The lowest BCUT2D eigenvalue weighted by Crippen LogP contribution is -2.52. The first-order valence-corrected chi connectivity index (χ1v) is 12.1. The molecule has 3 aromatic rings. The van der Waals surface area contributed by atoms with Crippen molar-refractivity contribution in [3.05, 3.63) is 76.6 Å². The number of rotatable bonds is 5. The van der Waals surface area contributed by atoms with Crippen LogP contribution in [0, 0.1) is 0 Å². The molecular formula is C26H26N6O3. The highest BCUT2D eigenvalue weighted by atomic mass is 16.2. The summed E-state index contributed by atoms with van der Waals surface area (Å²) in [6.45, 7) is 0.949. The molecular weight excluding hydrogens is 444 g/mol. The summed E-state index contributed by atoms with van der Waals surface area (Å²) in [6.07, 6.45) is 5.90. The van der Waals surface area contributed by atoms with Gasteiger partial charge in [-0.15, -0.1) is 5.10 Å². The number of nitrogens with zero attached hydrogens (tertiary/aromatic N) is 4. The quantitative estimate of drug-likeness (QED) is 0.554. The monoisotopic (exact) mass is 470 g/mol. The number of carbonyl (C=O) groups excluding carboxylic acids is 3. The Morgan fingerprint density at radius 1 is 1.03 bits per heavy atom. The van der Waals surface area contributed by atoms with Crippen LogP contribution >= 0.6 is 0 Å². The van der Waals surface area contributed by atoms with E-state index in [4.69, 9.17) is 0 Å². The van der Waals surface area contributed by atoms with E-state index in [0.717, 1.165) is 29.8 Å². The Labute approximate surface area is 202 Å². The highest BCUT2D eigenvalue weighted by molar-refractivity contribution is 6.05. The van der Waals surface area contributed by atoms with E-state index < -0.39 is 11.9 Å². The van der Waals surface area contributed by atoms with E-state index in [2.05, 4.69) is 45.2 Å². The fourth-order valence-corrected chi connectivity index (χ4v) is 5.40. The van der Waals surface area contributed by atoms with Crippen molar-refractivity contribution in [1.82, 2.24) is 30.5 Å².